The van der Waals surface area contributed by atoms with Crippen molar-refractivity contribution in [3.63, 3.8) is 0 Å². The van der Waals surface area contributed by atoms with E-state index in [9.17, 15) is 16.8 Å². The van der Waals surface area contributed by atoms with E-state index in [2.05, 4.69) is 0 Å². The largest absolute Gasteiger partial charge is 0.395 e. The van der Waals surface area contributed by atoms with Gasteiger partial charge >= 0.3 is 0 Å². The molecule has 0 heterocycles. The minimum Gasteiger partial charge on any atom is -0.395 e. The topological polar surface area (TPSA) is 109 Å². The van der Waals surface area contributed by atoms with E-state index in [1.807, 2.05) is 0 Å². The highest BCUT2D eigenvalue weighted by atomic mass is 32.2. The molecule has 0 saturated heterocycles. The summed E-state index contributed by atoms with van der Waals surface area (Å²) >= 11 is 0. The Morgan fingerprint density at radius 3 is 1.14 bits per heavy atom. The minimum absolute atomic E-state index is 0.429. The molecule has 0 aromatic carbocycles. The summed E-state index contributed by atoms with van der Waals surface area (Å²) < 4.78 is 44.0. The van der Waals surface area contributed by atoms with Gasteiger partial charge in [0, 0.05) is 0 Å². The van der Waals surface area contributed by atoms with Crippen molar-refractivity contribution < 1.29 is 27.0 Å². The van der Waals surface area contributed by atoms with E-state index < -0.39 is 55.9 Å². The van der Waals surface area contributed by atoms with Crippen molar-refractivity contribution in [3.8, 4) is 0 Å². The van der Waals surface area contributed by atoms with E-state index in [0.29, 0.717) is 0 Å². The molecule has 0 bridgehead atoms. The Morgan fingerprint density at radius 2 is 0.929 bits per heavy atom. The van der Waals surface area contributed by atoms with Crippen LogP contribution in [-0.2, 0) is 19.7 Å². The second kappa shape index (κ2) is 5.64. The van der Waals surface area contributed by atoms with Crippen molar-refractivity contribution in [2.45, 2.75) is 0 Å². The molecule has 0 aromatic rings. The van der Waals surface area contributed by atoms with Gasteiger partial charge in [0.05, 0.1) is 36.2 Å². The molecule has 86 valence electrons. The van der Waals surface area contributed by atoms with E-state index in [0.717, 1.165) is 0 Å². The van der Waals surface area contributed by atoms with Gasteiger partial charge in [-0.25, -0.2) is 16.8 Å². The Morgan fingerprint density at radius 1 is 0.643 bits per heavy atom. The Bertz CT molecular complexity index is 305. The van der Waals surface area contributed by atoms with Crippen LogP contribution in [0.1, 0.15) is 0 Å². The fourth-order valence-corrected chi connectivity index (χ4v) is 3.73. The maximum atomic E-state index is 11.0. The van der Waals surface area contributed by atoms with Gasteiger partial charge in [-0.2, -0.15) is 0 Å². The number of hydrogen-bond donors (Lipinski definition) is 2. The quantitative estimate of drug-likeness (QED) is 0.527. The molecule has 14 heavy (non-hydrogen) atoms. The van der Waals surface area contributed by atoms with Crippen LogP contribution < -0.4 is 0 Å². The van der Waals surface area contributed by atoms with Crippen LogP contribution >= 0.6 is 0 Å². The number of hydrogen-bond acceptors (Lipinski definition) is 6. The molecular formula is C6H14O6S2. The lowest BCUT2D eigenvalue weighted by atomic mass is 10.9. The zero-order chi connectivity index (χ0) is 11.2. The molecule has 0 radical (unpaired) electrons. The molecular weight excluding hydrogens is 232 g/mol. The summed E-state index contributed by atoms with van der Waals surface area (Å²) in [6, 6.07) is 0. The van der Waals surface area contributed by atoms with Gasteiger partial charge in [0.25, 0.3) is 0 Å². The van der Waals surface area contributed by atoms with Crippen molar-refractivity contribution in [1.82, 2.24) is 0 Å². The molecule has 0 aliphatic rings. The fraction of sp³-hybridized carbons (Fsp3) is 1.00. The van der Waals surface area contributed by atoms with Crippen molar-refractivity contribution in [2.75, 3.05) is 36.2 Å². The number of aliphatic hydroxyl groups is 2. The Balaban J connectivity index is 4.19. The first-order valence-electron chi connectivity index (χ1n) is 3.95. The van der Waals surface area contributed by atoms with Crippen molar-refractivity contribution >= 4 is 19.7 Å². The summed E-state index contributed by atoms with van der Waals surface area (Å²) in [6.45, 7) is -1.02. The Labute approximate surface area is 83.4 Å². The molecule has 0 atom stereocenters. The molecule has 6 nitrogen and oxygen atoms in total. The van der Waals surface area contributed by atoms with Crippen LogP contribution in [0.2, 0.25) is 0 Å². The van der Waals surface area contributed by atoms with Gasteiger partial charge in [-0.3, -0.25) is 0 Å². The molecule has 0 fully saturated rings. The molecule has 0 unspecified atom stereocenters. The van der Waals surface area contributed by atoms with E-state index in [1.165, 1.54) is 0 Å². The van der Waals surface area contributed by atoms with E-state index in [-0.39, 0.29) is 0 Å². The van der Waals surface area contributed by atoms with Gasteiger partial charge in [0.1, 0.15) is 0 Å². The van der Waals surface area contributed by atoms with Gasteiger partial charge in [-0.05, 0) is 0 Å². The summed E-state index contributed by atoms with van der Waals surface area (Å²) in [5.41, 5.74) is 0. The molecule has 0 spiro atoms. The first-order valence-corrected chi connectivity index (χ1v) is 7.60. The Hall–Kier alpha value is -0.180. The molecule has 2 N–H and O–H groups in total. The van der Waals surface area contributed by atoms with Crippen LogP contribution in [0, 0.1) is 0 Å². The van der Waals surface area contributed by atoms with Crippen LogP contribution in [0.3, 0.4) is 0 Å². The van der Waals surface area contributed by atoms with Gasteiger partial charge in [-0.15, -0.1) is 0 Å². The van der Waals surface area contributed by atoms with Gasteiger partial charge in [0.15, 0.2) is 19.7 Å². The fourth-order valence-electron chi connectivity index (χ4n) is 0.736. The summed E-state index contributed by atoms with van der Waals surface area (Å²) in [4.78, 5) is 0. The van der Waals surface area contributed by atoms with Crippen molar-refractivity contribution in [3.05, 3.63) is 0 Å². The highest BCUT2D eigenvalue weighted by molar-refractivity contribution is 7.95. The summed E-state index contributed by atoms with van der Waals surface area (Å²) in [7, 11) is -6.99. The average molecular weight is 246 g/mol. The Kier molecular flexibility index (Phi) is 5.57. The third-order valence-corrected chi connectivity index (χ3v) is 5.03. The van der Waals surface area contributed by atoms with Crippen LogP contribution in [-0.4, -0.2) is 63.3 Å². The molecule has 0 rings (SSSR count). The third kappa shape index (κ3) is 6.30. The van der Waals surface area contributed by atoms with E-state index in [4.69, 9.17) is 10.2 Å². The SMILES string of the molecule is O=S(=O)(CCO)CCS(=O)(=O)CCO. The smallest absolute Gasteiger partial charge is 0.153 e. The summed E-state index contributed by atoms with van der Waals surface area (Å²) in [5, 5.41) is 16.7. The van der Waals surface area contributed by atoms with Crippen molar-refractivity contribution in [1.29, 1.82) is 0 Å². The molecule has 0 aliphatic carbocycles. The van der Waals surface area contributed by atoms with Crippen molar-refractivity contribution in [2.24, 2.45) is 0 Å². The molecule has 0 aliphatic heterocycles. The van der Waals surface area contributed by atoms with Crippen LogP contribution in [0.4, 0.5) is 0 Å². The number of sulfone groups is 2. The highest BCUT2D eigenvalue weighted by Crippen LogP contribution is 1.95. The highest BCUT2D eigenvalue weighted by Gasteiger charge is 2.16. The third-order valence-electron chi connectivity index (χ3n) is 1.51. The molecule has 8 heteroatoms. The lowest BCUT2D eigenvalue weighted by molar-refractivity contribution is 0.318. The van der Waals surface area contributed by atoms with Gasteiger partial charge < -0.3 is 10.2 Å². The predicted molar refractivity (Wildman–Crippen MR) is 51.5 cm³/mol. The summed E-state index contributed by atoms with van der Waals surface area (Å²) in [6.07, 6.45) is 0. The maximum absolute atomic E-state index is 11.0. The normalized spacial score (nSPS) is 13.0. The number of rotatable bonds is 7. The zero-order valence-corrected chi connectivity index (χ0v) is 9.22. The zero-order valence-electron chi connectivity index (χ0n) is 7.59. The second-order valence-electron chi connectivity index (χ2n) is 2.75. The average Bonchev–Trinajstić information content (AvgIpc) is 2.01. The maximum Gasteiger partial charge on any atom is 0.153 e. The monoisotopic (exact) mass is 246 g/mol. The molecule has 0 amide bonds. The number of aliphatic hydroxyl groups excluding tert-OH is 2. The summed E-state index contributed by atoms with van der Waals surface area (Å²) in [5.74, 6) is -1.87. The van der Waals surface area contributed by atoms with Gasteiger partial charge in [0.2, 0.25) is 0 Å². The molecule has 0 aromatic heterocycles. The van der Waals surface area contributed by atoms with E-state index >= 15 is 0 Å². The standard InChI is InChI=1S/C6H14O6S2/c7-1-3-13(9,10)5-6-14(11,12)4-2-8/h7-8H,1-6H2. The first-order chi connectivity index (χ1) is 6.33. The lowest BCUT2D eigenvalue weighted by Gasteiger charge is -2.02. The minimum atomic E-state index is -3.49. The predicted octanol–water partition coefficient (Wildman–Crippen LogP) is -2.20. The van der Waals surface area contributed by atoms with Gasteiger partial charge in [-0.1, -0.05) is 0 Å². The van der Waals surface area contributed by atoms with Crippen LogP contribution in [0.25, 0.3) is 0 Å². The van der Waals surface area contributed by atoms with E-state index in [1.54, 1.807) is 0 Å². The first kappa shape index (κ1) is 13.8. The second-order valence-corrected chi connectivity index (χ2v) is 7.36. The molecule has 0 saturated carbocycles. The lowest BCUT2D eigenvalue weighted by Crippen LogP contribution is -2.23. The van der Waals surface area contributed by atoms with Crippen LogP contribution in [0.5, 0.6) is 0 Å². The van der Waals surface area contributed by atoms with Crippen LogP contribution in [0.15, 0.2) is 0 Å².